The monoisotopic (exact) mass is 453 g/mol. The third-order valence-corrected chi connectivity index (χ3v) is 7.03. The molecule has 3 heterocycles. The number of nitrogens with one attached hydrogen (secondary N) is 2. The first-order valence-corrected chi connectivity index (χ1v) is 12.2. The highest BCUT2D eigenvalue weighted by Crippen LogP contribution is 2.37. The van der Waals surface area contributed by atoms with Crippen molar-refractivity contribution in [2.24, 2.45) is 0 Å². The molecule has 2 N–H and O–H groups in total. The van der Waals surface area contributed by atoms with E-state index in [9.17, 15) is 9.59 Å². The highest BCUT2D eigenvalue weighted by Gasteiger charge is 2.26. The first-order chi connectivity index (χ1) is 16.5. The van der Waals surface area contributed by atoms with Gasteiger partial charge in [-0.25, -0.2) is 0 Å². The average molecular weight is 454 g/mol. The lowest BCUT2D eigenvalue weighted by Gasteiger charge is -2.13. The minimum atomic E-state index is -0.120. The van der Waals surface area contributed by atoms with E-state index in [0.717, 1.165) is 70.9 Å². The Balaban J connectivity index is 1.37. The number of aryl methyl sites for hydroxylation is 1. The maximum atomic E-state index is 13.0. The van der Waals surface area contributed by atoms with Gasteiger partial charge in [-0.1, -0.05) is 42.5 Å². The summed E-state index contributed by atoms with van der Waals surface area (Å²) < 4.78 is 0. The molecule has 0 unspecified atom stereocenters. The van der Waals surface area contributed by atoms with Crippen LogP contribution in [0.1, 0.15) is 58.6 Å². The Morgan fingerprint density at radius 2 is 1.79 bits per heavy atom. The van der Waals surface area contributed by atoms with Crippen LogP contribution in [0.5, 0.6) is 0 Å². The molecule has 5 nitrogen and oxygen atoms in total. The van der Waals surface area contributed by atoms with Gasteiger partial charge in [-0.2, -0.15) is 0 Å². The Labute approximate surface area is 200 Å². The van der Waals surface area contributed by atoms with Gasteiger partial charge < -0.3 is 15.2 Å². The number of nitrogens with zero attached hydrogens (tertiary/aromatic N) is 1. The average Bonchev–Trinajstić information content (AvgIpc) is 3.53. The summed E-state index contributed by atoms with van der Waals surface area (Å²) in [5.41, 5.74) is 7.87. The molecule has 1 saturated heterocycles. The summed E-state index contributed by atoms with van der Waals surface area (Å²) in [6.07, 6.45) is 5.86. The molecule has 0 aliphatic carbocycles. The maximum absolute atomic E-state index is 13.0. The summed E-state index contributed by atoms with van der Waals surface area (Å²) in [5, 5.41) is 3.00. The molecule has 174 valence electrons. The van der Waals surface area contributed by atoms with Crippen molar-refractivity contribution >= 4 is 29.0 Å². The molecule has 0 atom stereocenters. The fourth-order valence-electron chi connectivity index (χ4n) is 5.22. The standard InChI is InChI=1S/C29H31N3O2/c1-19-25(30-20(2)28(19)27(33)11-8-16-32-14-6-7-15-32)18-24-23-13-12-22(17-26(23)31-29(24)34)21-9-4-3-5-10-21/h3-5,9-10,12-13,17-18,30H,6-8,11,14-16H2,1-2H3,(H,31,34)/b24-18-. The van der Waals surface area contributed by atoms with Gasteiger partial charge in [0.1, 0.15) is 0 Å². The fourth-order valence-corrected chi connectivity index (χ4v) is 5.22. The summed E-state index contributed by atoms with van der Waals surface area (Å²) in [4.78, 5) is 31.6. The van der Waals surface area contributed by atoms with Crippen molar-refractivity contribution in [1.29, 1.82) is 0 Å². The molecule has 0 saturated carbocycles. The van der Waals surface area contributed by atoms with Crippen molar-refractivity contribution < 1.29 is 9.59 Å². The van der Waals surface area contributed by atoms with Crippen molar-refractivity contribution in [2.75, 3.05) is 25.0 Å². The van der Waals surface area contributed by atoms with Gasteiger partial charge in [-0.05, 0) is 81.6 Å². The van der Waals surface area contributed by atoms with E-state index in [4.69, 9.17) is 0 Å². The SMILES string of the molecule is Cc1[nH]c(/C=C2\C(=O)Nc3cc(-c4ccccc4)ccc32)c(C)c1C(=O)CCCN1CCCC1. The van der Waals surface area contributed by atoms with E-state index in [2.05, 4.69) is 27.3 Å². The van der Waals surface area contributed by atoms with Crippen molar-refractivity contribution in [3.05, 3.63) is 76.6 Å². The Hall–Kier alpha value is -3.44. The van der Waals surface area contributed by atoms with Gasteiger partial charge in [0.2, 0.25) is 0 Å². The van der Waals surface area contributed by atoms with Gasteiger partial charge in [0.05, 0.1) is 5.57 Å². The lowest BCUT2D eigenvalue weighted by atomic mass is 9.98. The number of fused-ring (bicyclic) bond motifs is 1. The summed E-state index contributed by atoms with van der Waals surface area (Å²) in [6.45, 7) is 7.22. The minimum absolute atomic E-state index is 0.120. The predicted molar refractivity (Wildman–Crippen MR) is 138 cm³/mol. The number of hydrogen-bond donors (Lipinski definition) is 2. The molecular formula is C29H31N3O2. The number of likely N-dealkylation sites (tertiary alicyclic amines) is 1. The molecule has 5 heteroatoms. The Kier molecular flexibility index (Phi) is 6.20. The van der Waals surface area contributed by atoms with E-state index in [1.807, 2.05) is 56.3 Å². The molecule has 0 spiro atoms. The number of benzene rings is 2. The Morgan fingerprint density at radius 3 is 2.56 bits per heavy atom. The van der Waals surface area contributed by atoms with Crippen LogP contribution in [0.25, 0.3) is 22.8 Å². The van der Waals surface area contributed by atoms with Crippen LogP contribution in [-0.2, 0) is 4.79 Å². The predicted octanol–water partition coefficient (Wildman–Crippen LogP) is 5.85. The molecule has 3 aromatic rings. The topological polar surface area (TPSA) is 65.2 Å². The zero-order chi connectivity index (χ0) is 23.7. The molecule has 2 aliphatic heterocycles. The van der Waals surface area contributed by atoms with Crippen LogP contribution in [0.4, 0.5) is 5.69 Å². The van der Waals surface area contributed by atoms with Crippen molar-refractivity contribution in [1.82, 2.24) is 9.88 Å². The molecular weight excluding hydrogens is 422 g/mol. The summed E-state index contributed by atoms with van der Waals surface area (Å²) in [7, 11) is 0. The quantitative estimate of drug-likeness (QED) is 0.348. The highest BCUT2D eigenvalue weighted by molar-refractivity contribution is 6.35. The van der Waals surface area contributed by atoms with E-state index in [1.165, 1.54) is 12.8 Å². The lowest BCUT2D eigenvalue weighted by Crippen LogP contribution is -2.21. The molecule has 34 heavy (non-hydrogen) atoms. The fraction of sp³-hybridized carbons (Fsp3) is 0.310. The Bertz CT molecular complexity index is 1260. The second kappa shape index (κ2) is 9.43. The molecule has 1 fully saturated rings. The second-order valence-corrected chi connectivity index (χ2v) is 9.38. The van der Waals surface area contributed by atoms with Gasteiger partial charge in [0.25, 0.3) is 5.91 Å². The third-order valence-electron chi connectivity index (χ3n) is 7.03. The number of H-pyrrole nitrogens is 1. The number of rotatable bonds is 7. The normalized spacial score (nSPS) is 16.8. The molecule has 2 aromatic carbocycles. The van der Waals surface area contributed by atoms with E-state index in [0.29, 0.717) is 12.0 Å². The first kappa shape index (κ1) is 22.4. The van der Waals surface area contributed by atoms with Crippen LogP contribution in [-0.4, -0.2) is 41.2 Å². The number of aromatic amines is 1. The highest BCUT2D eigenvalue weighted by atomic mass is 16.2. The molecule has 0 radical (unpaired) electrons. The van der Waals surface area contributed by atoms with Crippen LogP contribution < -0.4 is 5.32 Å². The van der Waals surface area contributed by atoms with Gasteiger partial charge >= 0.3 is 0 Å². The number of carbonyl (C=O) groups is 2. The molecule has 5 rings (SSSR count). The van der Waals surface area contributed by atoms with Gasteiger partial charge in [-0.15, -0.1) is 0 Å². The Morgan fingerprint density at radius 1 is 1.03 bits per heavy atom. The van der Waals surface area contributed by atoms with Crippen LogP contribution in [0, 0.1) is 13.8 Å². The smallest absolute Gasteiger partial charge is 0.256 e. The zero-order valence-electron chi connectivity index (χ0n) is 19.9. The van der Waals surface area contributed by atoms with Crippen molar-refractivity contribution in [2.45, 2.75) is 39.5 Å². The van der Waals surface area contributed by atoms with Gasteiger partial charge in [-0.3, -0.25) is 9.59 Å². The molecule has 2 aliphatic rings. The number of hydrogen-bond acceptors (Lipinski definition) is 3. The minimum Gasteiger partial charge on any atom is -0.358 e. The molecule has 1 amide bonds. The summed E-state index contributed by atoms with van der Waals surface area (Å²) in [6, 6.07) is 16.2. The van der Waals surface area contributed by atoms with E-state index < -0.39 is 0 Å². The lowest BCUT2D eigenvalue weighted by molar-refractivity contribution is -0.110. The molecule has 1 aromatic heterocycles. The van der Waals surface area contributed by atoms with Gasteiger partial charge in [0, 0.05) is 34.6 Å². The van der Waals surface area contributed by atoms with Crippen molar-refractivity contribution in [3.63, 3.8) is 0 Å². The molecule has 0 bridgehead atoms. The number of aromatic nitrogens is 1. The summed E-state index contributed by atoms with van der Waals surface area (Å²) >= 11 is 0. The largest absolute Gasteiger partial charge is 0.358 e. The number of anilines is 1. The van der Waals surface area contributed by atoms with Crippen LogP contribution in [0.3, 0.4) is 0 Å². The first-order valence-electron chi connectivity index (χ1n) is 12.2. The van der Waals surface area contributed by atoms with Crippen LogP contribution in [0.2, 0.25) is 0 Å². The third kappa shape index (κ3) is 4.36. The van der Waals surface area contributed by atoms with Crippen LogP contribution >= 0.6 is 0 Å². The number of carbonyl (C=O) groups excluding carboxylic acids is 2. The number of ketones is 1. The van der Waals surface area contributed by atoms with Crippen molar-refractivity contribution in [3.8, 4) is 11.1 Å². The zero-order valence-corrected chi connectivity index (χ0v) is 19.9. The maximum Gasteiger partial charge on any atom is 0.256 e. The van der Waals surface area contributed by atoms with Crippen LogP contribution in [0.15, 0.2) is 48.5 Å². The number of Topliss-reactive ketones (excluding diaryl/α,β-unsaturated/α-hetero) is 1. The summed E-state index contributed by atoms with van der Waals surface area (Å²) in [5.74, 6) is 0.0595. The van der Waals surface area contributed by atoms with E-state index in [1.54, 1.807) is 0 Å². The second-order valence-electron chi connectivity index (χ2n) is 9.38. The van der Waals surface area contributed by atoms with E-state index >= 15 is 0 Å². The van der Waals surface area contributed by atoms with Gasteiger partial charge in [0.15, 0.2) is 5.78 Å². The number of amides is 1. The van der Waals surface area contributed by atoms with E-state index in [-0.39, 0.29) is 11.7 Å².